The van der Waals surface area contributed by atoms with Crippen molar-refractivity contribution < 1.29 is 14.7 Å². The van der Waals surface area contributed by atoms with Gasteiger partial charge in [-0.2, -0.15) is 4.98 Å². The molecule has 0 saturated heterocycles. The van der Waals surface area contributed by atoms with E-state index in [4.69, 9.17) is 27.9 Å². The summed E-state index contributed by atoms with van der Waals surface area (Å²) in [5.74, 6) is 0.322. The number of hydrogen-bond donors (Lipinski definition) is 0. The second-order valence-corrected chi connectivity index (χ2v) is 6.29. The Kier molecular flexibility index (Phi) is 6.36. The molecule has 0 amide bonds. The fourth-order valence-electron chi connectivity index (χ4n) is 1.96. The van der Waals surface area contributed by atoms with Gasteiger partial charge in [0.25, 0.3) is 0 Å². The lowest BCUT2D eigenvalue weighted by molar-refractivity contribution is -0.713. The summed E-state index contributed by atoms with van der Waals surface area (Å²) in [6.07, 6.45) is 0.913. The summed E-state index contributed by atoms with van der Waals surface area (Å²) in [6.45, 7) is 4.83. The molecule has 2 rings (SSSR count). The molecule has 0 aliphatic rings. The highest BCUT2D eigenvalue weighted by molar-refractivity contribution is 6.35. The van der Waals surface area contributed by atoms with Gasteiger partial charge in [0.1, 0.15) is 12.4 Å². The Morgan fingerprint density at radius 2 is 2.12 bits per heavy atom. The maximum atomic E-state index is 10.3. The van der Waals surface area contributed by atoms with E-state index in [0.29, 0.717) is 22.6 Å². The topological polar surface area (TPSA) is 92.3 Å². The molecule has 1 aromatic carbocycles. The molecule has 0 bridgehead atoms. The number of nitrogens with zero attached hydrogens (tertiary/aromatic N) is 4. The van der Waals surface area contributed by atoms with Crippen LogP contribution in [0.2, 0.25) is 10.0 Å². The van der Waals surface area contributed by atoms with Gasteiger partial charge in [-0.1, -0.05) is 43.1 Å². The van der Waals surface area contributed by atoms with Gasteiger partial charge in [0.2, 0.25) is 0 Å². The lowest BCUT2D eigenvalue weighted by Gasteiger charge is -2.20. The van der Waals surface area contributed by atoms with Crippen LogP contribution in [-0.4, -0.2) is 26.5 Å². The van der Waals surface area contributed by atoms with Crippen molar-refractivity contribution in [2.75, 3.05) is 6.61 Å². The first-order valence-electron chi connectivity index (χ1n) is 7.13. The second-order valence-electron chi connectivity index (χ2n) is 5.45. The number of aromatic nitrogens is 3. The van der Waals surface area contributed by atoms with E-state index in [0.717, 1.165) is 5.56 Å². The number of hydrogen-bond acceptors (Lipinski definition) is 6. The van der Waals surface area contributed by atoms with Crippen LogP contribution in [0.5, 0.6) is 6.01 Å². The standard InChI is InChI=1S/C14H16Cl2N4O4/c1-9(2)7-23-13(11-4-3-10(15)5-12(11)16)6-19-8-17-14(18-19)24-20(21)22/h3-5,8-9,13H,6-7H2,1-2H3. The molecule has 0 fully saturated rings. The van der Waals surface area contributed by atoms with Gasteiger partial charge in [0, 0.05) is 22.2 Å². The quantitative estimate of drug-likeness (QED) is 0.517. The normalized spacial score (nSPS) is 12.4. The molecular formula is C14H16Cl2N4O4. The molecule has 0 saturated carbocycles. The first kappa shape index (κ1) is 18.4. The Hall–Kier alpha value is -1.90. The van der Waals surface area contributed by atoms with E-state index in [2.05, 4.69) is 14.9 Å². The molecule has 0 radical (unpaired) electrons. The van der Waals surface area contributed by atoms with E-state index >= 15 is 0 Å². The van der Waals surface area contributed by atoms with Gasteiger partial charge in [-0.15, -0.1) is 15.2 Å². The molecule has 1 aromatic heterocycles. The van der Waals surface area contributed by atoms with E-state index in [9.17, 15) is 10.1 Å². The van der Waals surface area contributed by atoms with Crippen LogP contribution < -0.4 is 4.84 Å². The Morgan fingerprint density at radius 3 is 2.75 bits per heavy atom. The molecule has 10 heteroatoms. The molecule has 0 N–H and O–H groups in total. The summed E-state index contributed by atoms with van der Waals surface area (Å²) >= 11 is 12.2. The van der Waals surface area contributed by atoms with Crippen molar-refractivity contribution in [2.45, 2.75) is 26.5 Å². The van der Waals surface area contributed by atoms with Crippen LogP contribution in [0.15, 0.2) is 24.5 Å². The summed E-state index contributed by atoms with van der Waals surface area (Å²) in [5.41, 5.74) is 0.744. The molecular weight excluding hydrogens is 359 g/mol. The van der Waals surface area contributed by atoms with E-state index in [1.54, 1.807) is 18.2 Å². The van der Waals surface area contributed by atoms with Crippen molar-refractivity contribution in [3.8, 4) is 6.01 Å². The second kappa shape index (κ2) is 8.27. The predicted octanol–water partition coefficient (Wildman–Crippen LogP) is 3.57. The van der Waals surface area contributed by atoms with Crippen LogP contribution in [-0.2, 0) is 11.3 Å². The highest BCUT2D eigenvalue weighted by Crippen LogP contribution is 2.30. The Balaban J connectivity index is 2.19. The van der Waals surface area contributed by atoms with Crippen molar-refractivity contribution in [3.63, 3.8) is 0 Å². The average molecular weight is 375 g/mol. The van der Waals surface area contributed by atoms with Crippen molar-refractivity contribution >= 4 is 23.2 Å². The molecule has 24 heavy (non-hydrogen) atoms. The van der Waals surface area contributed by atoms with E-state index in [-0.39, 0.29) is 12.6 Å². The minimum absolute atomic E-state index is 0.266. The summed E-state index contributed by atoms with van der Waals surface area (Å²) in [4.78, 5) is 18.2. The maximum absolute atomic E-state index is 10.3. The van der Waals surface area contributed by atoms with E-state index in [1.807, 2.05) is 13.8 Å². The molecule has 1 atom stereocenters. The lowest BCUT2D eigenvalue weighted by Crippen LogP contribution is -2.16. The third-order valence-corrected chi connectivity index (χ3v) is 3.53. The van der Waals surface area contributed by atoms with Crippen LogP contribution in [0, 0.1) is 16.0 Å². The Morgan fingerprint density at radius 1 is 1.38 bits per heavy atom. The largest absolute Gasteiger partial charge is 0.371 e. The molecule has 0 aliphatic heterocycles. The van der Waals surface area contributed by atoms with Crippen LogP contribution >= 0.6 is 23.2 Å². The SMILES string of the molecule is CC(C)COC(Cn1cnc(O[N+](=O)[O-])n1)c1ccc(Cl)cc1Cl. The number of halogens is 2. The zero-order valence-electron chi connectivity index (χ0n) is 13.1. The highest BCUT2D eigenvalue weighted by Gasteiger charge is 2.19. The molecule has 0 aliphatic carbocycles. The van der Waals surface area contributed by atoms with Crippen molar-refractivity contribution in [1.82, 2.24) is 14.8 Å². The summed E-state index contributed by atoms with van der Waals surface area (Å²) < 4.78 is 7.31. The third-order valence-electron chi connectivity index (χ3n) is 2.96. The van der Waals surface area contributed by atoms with Crippen LogP contribution in [0.25, 0.3) is 0 Å². The van der Waals surface area contributed by atoms with Gasteiger partial charge in [-0.25, -0.2) is 9.52 Å². The van der Waals surface area contributed by atoms with Gasteiger partial charge in [0.05, 0.1) is 6.54 Å². The summed E-state index contributed by atoms with van der Waals surface area (Å²) in [5, 5.41) is 14.2. The smallest absolute Gasteiger partial charge is 0.327 e. The van der Waals surface area contributed by atoms with Gasteiger partial charge in [-0.05, 0) is 18.1 Å². The highest BCUT2D eigenvalue weighted by atomic mass is 35.5. The van der Waals surface area contributed by atoms with Crippen molar-refractivity contribution in [2.24, 2.45) is 5.92 Å². The number of rotatable bonds is 8. The van der Waals surface area contributed by atoms with Gasteiger partial charge in [0.15, 0.2) is 0 Å². The van der Waals surface area contributed by atoms with Crippen LogP contribution in [0.4, 0.5) is 0 Å². The summed E-state index contributed by atoms with van der Waals surface area (Å²) in [7, 11) is 0. The zero-order valence-corrected chi connectivity index (χ0v) is 14.6. The first-order chi connectivity index (χ1) is 11.3. The minimum atomic E-state index is -0.970. The van der Waals surface area contributed by atoms with E-state index in [1.165, 1.54) is 11.0 Å². The van der Waals surface area contributed by atoms with Crippen LogP contribution in [0.3, 0.4) is 0 Å². The molecule has 1 unspecified atom stereocenters. The Bertz CT molecular complexity index is 708. The lowest BCUT2D eigenvalue weighted by atomic mass is 10.1. The van der Waals surface area contributed by atoms with Crippen LogP contribution in [0.1, 0.15) is 25.5 Å². The number of ether oxygens (including phenoxy) is 1. The summed E-state index contributed by atoms with van der Waals surface area (Å²) in [6, 6.07) is 4.79. The fraction of sp³-hybridized carbons (Fsp3) is 0.429. The molecule has 2 aromatic rings. The Labute approximate surface area is 148 Å². The molecule has 0 spiro atoms. The zero-order chi connectivity index (χ0) is 17.7. The minimum Gasteiger partial charge on any atom is -0.371 e. The van der Waals surface area contributed by atoms with Gasteiger partial charge >= 0.3 is 11.1 Å². The predicted molar refractivity (Wildman–Crippen MR) is 87.6 cm³/mol. The fourth-order valence-corrected chi connectivity index (χ4v) is 2.49. The first-order valence-corrected chi connectivity index (χ1v) is 7.89. The molecule has 1 heterocycles. The third kappa shape index (κ3) is 5.33. The molecule has 130 valence electrons. The molecule has 8 nitrogen and oxygen atoms in total. The van der Waals surface area contributed by atoms with Gasteiger partial charge < -0.3 is 4.74 Å². The van der Waals surface area contributed by atoms with Crippen molar-refractivity contribution in [1.29, 1.82) is 0 Å². The average Bonchev–Trinajstić information content (AvgIpc) is 2.90. The van der Waals surface area contributed by atoms with Crippen molar-refractivity contribution in [3.05, 3.63) is 50.2 Å². The monoisotopic (exact) mass is 374 g/mol. The maximum Gasteiger partial charge on any atom is 0.327 e. The van der Waals surface area contributed by atoms with Gasteiger partial charge in [-0.3, -0.25) is 0 Å². The van der Waals surface area contributed by atoms with E-state index < -0.39 is 11.2 Å². The number of benzene rings is 1.